The van der Waals surface area contributed by atoms with Gasteiger partial charge < -0.3 is 14.4 Å². The molecular formula is C20H23N3O5S. The van der Waals surface area contributed by atoms with Gasteiger partial charge in [-0.3, -0.25) is 9.80 Å². The van der Waals surface area contributed by atoms with Gasteiger partial charge in [0.15, 0.2) is 0 Å². The molecule has 2 aliphatic heterocycles. The molecule has 0 unspecified atom stereocenters. The number of hydrogen-bond donors (Lipinski definition) is 0. The van der Waals surface area contributed by atoms with Gasteiger partial charge in [0, 0.05) is 25.2 Å². The number of thioether (sulfide) groups is 1. The molecule has 0 aliphatic carbocycles. The highest BCUT2D eigenvalue weighted by molar-refractivity contribution is 8.04. The van der Waals surface area contributed by atoms with Crippen LogP contribution in [0.1, 0.15) is 30.1 Å². The van der Waals surface area contributed by atoms with E-state index in [-0.39, 0.29) is 18.3 Å². The van der Waals surface area contributed by atoms with Crippen molar-refractivity contribution in [3.8, 4) is 0 Å². The minimum Gasteiger partial charge on any atom is -0.466 e. The summed E-state index contributed by atoms with van der Waals surface area (Å²) in [7, 11) is 1.29. The van der Waals surface area contributed by atoms with Crippen LogP contribution in [0.3, 0.4) is 0 Å². The summed E-state index contributed by atoms with van der Waals surface area (Å²) in [6.45, 7) is 3.38. The van der Waals surface area contributed by atoms with Crippen LogP contribution in [-0.2, 0) is 19.1 Å². The van der Waals surface area contributed by atoms with E-state index in [1.807, 2.05) is 24.1 Å². The summed E-state index contributed by atoms with van der Waals surface area (Å²) in [5.41, 5.74) is 2.49. The van der Waals surface area contributed by atoms with Crippen LogP contribution in [0.15, 0.2) is 40.5 Å². The minimum atomic E-state index is -0.503. The Labute approximate surface area is 173 Å². The summed E-state index contributed by atoms with van der Waals surface area (Å²) in [5.74, 6) is -0.705. The average Bonchev–Trinajstić information content (AvgIpc) is 3.31. The van der Waals surface area contributed by atoms with Gasteiger partial charge in [-0.1, -0.05) is 11.8 Å². The minimum absolute atomic E-state index is 0.0770. The van der Waals surface area contributed by atoms with Gasteiger partial charge in [0.1, 0.15) is 0 Å². The molecule has 2 heterocycles. The summed E-state index contributed by atoms with van der Waals surface area (Å²) in [5, 5.41) is 6.90. The fourth-order valence-electron chi connectivity index (χ4n) is 2.93. The summed E-state index contributed by atoms with van der Waals surface area (Å²) < 4.78 is 9.91. The number of amides is 1. The number of carbonyl (C=O) groups excluding carboxylic acids is 3. The van der Waals surface area contributed by atoms with Gasteiger partial charge in [0.05, 0.1) is 41.8 Å². The Bertz CT molecular complexity index is 850. The standard InChI is InChI=1S/C20H23N3O5S/c1-14-8-10-23(21-14)16-6-4-15(5-7-16)20(26)28-11-3-9-22-17(24)13-29-18(22)12-19(25)27-2/h4-7,12H,3,8-11,13H2,1-2H3/b18-12+. The Morgan fingerprint density at radius 2 is 2.03 bits per heavy atom. The molecule has 1 aromatic carbocycles. The molecule has 0 spiro atoms. The lowest BCUT2D eigenvalue weighted by atomic mass is 10.2. The molecule has 1 amide bonds. The van der Waals surface area contributed by atoms with Crippen molar-refractivity contribution in [1.82, 2.24) is 4.90 Å². The van der Waals surface area contributed by atoms with Crippen LogP contribution in [0.4, 0.5) is 5.69 Å². The number of esters is 2. The number of anilines is 1. The number of nitrogens with zero attached hydrogens (tertiary/aromatic N) is 3. The first-order valence-electron chi connectivity index (χ1n) is 9.29. The Balaban J connectivity index is 1.46. The lowest BCUT2D eigenvalue weighted by molar-refractivity contribution is -0.134. The van der Waals surface area contributed by atoms with Crippen LogP contribution in [0.25, 0.3) is 0 Å². The van der Waals surface area contributed by atoms with E-state index >= 15 is 0 Å². The molecule has 8 nitrogen and oxygen atoms in total. The maximum absolute atomic E-state index is 12.2. The molecular weight excluding hydrogens is 394 g/mol. The van der Waals surface area contributed by atoms with Crippen LogP contribution in [0.2, 0.25) is 0 Å². The molecule has 0 radical (unpaired) electrons. The third-order valence-electron chi connectivity index (χ3n) is 4.49. The monoisotopic (exact) mass is 417 g/mol. The molecule has 0 atom stereocenters. The number of hydrazone groups is 1. The van der Waals surface area contributed by atoms with Crippen molar-refractivity contribution in [3.63, 3.8) is 0 Å². The normalized spacial score (nSPS) is 17.7. The summed E-state index contributed by atoms with van der Waals surface area (Å²) in [4.78, 5) is 37.1. The predicted molar refractivity (Wildman–Crippen MR) is 111 cm³/mol. The van der Waals surface area contributed by atoms with Crippen LogP contribution in [-0.4, -0.2) is 61.0 Å². The maximum Gasteiger partial charge on any atom is 0.338 e. The van der Waals surface area contributed by atoms with Crippen molar-refractivity contribution in [2.24, 2.45) is 5.10 Å². The second-order valence-corrected chi connectivity index (χ2v) is 7.58. The largest absolute Gasteiger partial charge is 0.466 e. The topological polar surface area (TPSA) is 88.5 Å². The quantitative estimate of drug-likeness (QED) is 0.382. The van der Waals surface area contributed by atoms with Crippen LogP contribution in [0.5, 0.6) is 0 Å². The van der Waals surface area contributed by atoms with Gasteiger partial charge in [-0.15, -0.1) is 0 Å². The highest BCUT2D eigenvalue weighted by Gasteiger charge is 2.27. The molecule has 9 heteroatoms. The van der Waals surface area contributed by atoms with Gasteiger partial charge >= 0.3 is 11.9 Å². The van der Waals surface area contributed by atoms with Crippen molar-refractivity contribution in [2.75, 3.05) is 37.6 Å². The SMILES string of the molecule is COC(=O)/C=C1/SCC(=O)N1CCCOC(=O)c1ccc(N2CCC(C)=N2)cc1. The maximum atomic E-state index is 12.2. The van der Waals surface area contributed by atoms with Gasteiger partial charge in [-0.2, -0.15) is 5.10 Å². The second kappa shape index (κ2) is 9.60. The first kappa shape index (κ1) is 20.9. The van der Waals surface area contributed by atoms with E-state index in [9.17, 15) is 14.4 Å². The first-order chi connectivity index (χ1) is 14.0. The van der Waals surface area contributed by atoms with Crippen LogP contribution < -0.4 is 5.01 Å². The van der Waals surface area contributed by atoms with E-state index in [4.69, 9.17) is 4.74 Å². The number of benzene rings is 1. The van der Waals surface area contributed by atoms with Crippen molar-refractivity contribution >= 4 is 41.0 Å². The Morgan fingerprint density at radius 3 is 2.69 bits per heavy atom. The number of rotatable bonds is 7. The lowest BCUT2D eigenvalue weighted by Gasteiger charge is -2.16. The molecule has 1 aromatic rings. The van der Waals surface area contributed by atoms with E-state index in [0.29, 0.717) is 23.6 Å². The lowest BCUT2D eigenvalue weighted by Crippen LogP contribution is -2.27. The second-order valence-electron chi connectivity index (χ2n) is 6.58. The number of methoxy groups -OCH3 is 1. The number of hydrogen-bond acceptors (Lipinski definition) is 8. The molecule has 1 saturated heterocycles. The van der Waals surface area contributed by atoms with Gasteiger partial charge in [0.25, 0.3) is 0 Å². The molecule has 0 bridgehead atoms. The molecule has 0 aromatic heterocycles. The zero-order valence-corrected chi connectivity index (χ0v) is 17.2. The van der Waals surface area contributed by atoms with Gasteiger partial charge in [-0.05, 0) is 37.6 Å². The Morgan fingerprint density at radius 1 is 1.28 bits per heavy atom. The summed E-state index contributed by atoms with van der Waals surface area (Å²) in [6.07, 6.45) is 2.71. The summed E-state index contributed by atoms with van der Waals surface area (Å²) >= 11 is 1.29. The average molecular weight is 417 g/mol. The van der Waals surface area contributed by atoms with E-state index in [1.54, 1.807) is 12.1 Å². The molecule has 3 rings (SSSR count). The fraction of sp³-hybridized carbons (Fsp3) is 0.400. The molecule has 2 aliphatic rings. The van der Waals surface area contributed by atoms with E-state index in [2.05, 4.69) is 9.84 Å². The predicted octanol–water partition coefficient (Wildman–Crippen LogP) is 2.41. The molecule has 154 valence electrons. The van der Waals surface area contributed by atoms with Gasteiger partial charge in [-0.25, -0.2) is 9.59 Å². The third-order valence-corrected chi connectivity index (χ3v) is 5.52. The summed E-state index contributed by atoms with van der Waals surface area (Å²) in [6, 6.07) is 7.14. The number of carbonyl (C=O) groups is 3. The van der Waals surface area contributed by atoms with E-state index < -0.39 is 11.9 Å². The highest BCUT2D eigenvalue weighted by Crippen LogP contribution is 2.28. The zero-order valence-electron chi connectivity index (χ0n) is 16.4. The molecule has 29 heavy (non-hydrogen) atoms. The zero-order chi connectivity index (χ0) is 20.8. The van der Waals surface area contributed by atoms with Crippen molar-refractivity contribution in [3.05, 3.63) is 40.9 Å². The molecule has 0 saturated carbocycles. The van der Waals surface area contributed by atoms with Crippen molar-refractivity contribution < 1.29 is 23.9 Å². The third kappa shape index (κ3) is 5.38. The molecule has 1 fully saturated rings. The highest BCUT2D eigenvalue weighted by atomic mass is 32.2. The van der Waals surface area contributed by atoms with Crippen LogP contribution in [0, 0.1) is 0 Å². The molecule has 0 N–H and O–H groups in total. The first-order valence-corrected chi connectivity index (χ1v) is 10.3. The Hall–Kier alpha value is -2.81. The van der Waals surface area contributed by atoms with E-state index in [0.717, 1.165) is 24.4 Å². The van der Waals surface area contributed by atoms with Gasteiger partial charge in [0.2, 0.25) is 5.91 Å². The Kier molecular flexibility index (Phi) is 6.92. The van der Waals surface area contributed by atoms with Crippen molar-refractivity contribution in [1.29, 1.82) is 0 Å². The van der Waals surface area contributed by atoms with Crippen LogP contribution >= 0.6 is 11.8 Å². The van der Waals surface area contributed by atoms with E-state index in [1.165, 1.54) is 29.8 Å². The van der Waals surface area contributed by atoms with Crippen molar-refractivity contribution in [2.45, 2.75) is 19.8 Å². The number of ether oxygens (including phenoxy) is 2. The smallest absolute Gasteiger partial charge is 0.338 e. The fourth-order valence-corrected chi connectivity index (χ4v) is 3.89.